The molecule has 1 radical (unpaired) electrons. The van der Waals surface area contributed by atoms with Crippen LogP contribution >= 0.6 is 11.8 Å². The lowest BCUT2D eigenvalue weighted by Crippen LogP contribution is -1.78. The average molecular weight is 190 g/mol. The first-order valence-electron chi connectivity index (χ1n) is 3.88. The monoisotopic (exact) mass is 190 g/mol. The molecule has 1 heterocycles. The number of rotatable bonds is 2. The maximum atomic E-state index is 3.85. The van der Waals surface area contributed by atoms with E-state index in [0.29, 0.717) is 0 Å². The maximum Gasteiger partial charge on any atom is 0.153 e. The highest BCUT2D eigenvalue weighted by Gasteiger charge is 2.01. The van der Waals surface area contributed by atoms with Crippen LogP contribution in [0.1, 0.15) is 5.56 Å². The summed E-state index contributed by atoms with van der Waals surface area (Å²) in [6.07, 6.45) is 2.83. The molecule has 0 unspecified atom stereocenters. The van der Waals surface area contributed by atoms with Crippen LogP contribution in [-0.2, 0) is 0 Å². The SMILES string of the molecule is Cc1ccccc1Sc1[c][nH]nn1. The highest BCUT2D eigenvalue weighted by Crippen LogP contribution is 2.27. The highest BCUT2D eigenvalue weighted by atomic mass is 32.2. The van der Waals surface area contributed by atoms with E-state index in [0.717, 1.165) is 5.03 Å². The number of aromatic amines is 1. The fourth-order valence-corrected chi connectivity index (χ4v) is 1.75. The first-order chi connectivity index (χ1) is 6.36. The van der Waals surface area contributed by atoms with Crippen molar-refractivity contribution >= 4 is 11.8 Å². The van der Waals surface area contributed by atoms with E-state index in [1.165, 1.54) is 10.5 Å². The van der Waals surface area contributed by atoms with Crippen LogP contribution in [0.2, 0.25) is 0 Å². The summed E-state index contributed by atoms with van der Waals surface area (Å²) in [6, 6.07) is 8.16. The van der Waals surface area contributed by atoms with Crippen molar-refractivity contribution in [3.63, 3.8) is 0 Å². The summed E-state index contributed by atoms with van der Waals surface area (Å²) in [5.41, 5.74) is 1.24. The van der Waals surface area contributed by atoms with Gasteiger partial charge in [0.25, 0.3) is 0 Å². The highest BCUT2D eigenvalue weighted by molar-refractivity contribution is 7.99. The predicted octanol–water partition coefficient (Wildman–Crippen LogP) is 2.06. The molecular formula is C9H8N3S. The Bertz CT molecular complexity index is 384. The summed E-state index contributed by atoms with van der Waals surface area (Å²) in [6.45, 7) is 2.07. The standard InChI is InChI=1S/C9H8N3S/c1-7-4-2-3-5-8(7)13-9-6-10-12-11-9/h2-5H,1H3,(H,10,11,12). The second kappa shape index (κ2) is 3.62. The number of aryl methyl sites for hydroxylation is 1. The minimum absolute atomic E-state index is 0.773. The summed E-state index contributed by atoms with van der Waals surface area (Å²) in [5.74, 6) is 0. The fraction of sp³-hybridized carbons (Fsp3) is 0.111. The first kappa shape index (κ1) is 8.31. The second-order valence-electron chi connectivity index (χ2n) is 2.61. The molecule has 65 valence electrons. The Morgan fingerprint density at radius 2 is 2.23 bits per heavy atom. The molecule has 1 N–H and O–H groups in total. The van der Waals surface area contributed by atoms with Gasteiger partial charge in [-0.25, -0.2) is 0 Å². The Balaban J connectivity index is 2.24. The van der Waals surface area contributed by atoms with Crippen molar-refractivity contribution in [1.82, 2.24) is 15.4 Å². The number of nitrogens with one attached hydrogen (secondary N) is 1. The minimum Gasteiger partial charge on any atom is -0.255 e. The molecule has 0 aliphatic carbocycles. The Morgan fingerprint density at radius 1 is 1.38 bits per heavy atom. The van der Waals surface area contributed by atoms with Crippen molar-refractivity contribution in [3.05, 3.63) is 36.0 Å². The van der Waals surface area contributed by atoms with Crippen molar-refractivity contribution in [2.45, 2.75) is 16.8 Å². The van der Waals surface area contributed by atoms with Gasteiger partial charge in [-0.2, -0.15) is 0 Å². The first-order valence-corrected chi connectivity index (χ1v) is 4.70. The molecule has 2 rings (SSSR count). The molecule has 1 aromatic heterocycles. The minimum atomic E-state index is 0.773. The van der Waals surface area contributed by atoms with Crippen LogP contribution in [0, 0.1) is 13.1 Å². The maximum absolute atomic E-state index is 3.85. The summed E-state index contributed by atoms with van der Waals surface area (Å²) >= 11 is 1.56. The topological polar surface area (TPSA) is 41.6 Å². The van der Waals surface area contributed by atoms with Crippen LogP contribution in [0.4, 0.5) is 0 Å². The Labute approximate surface area is 80.6 Å². The third kappa shape index (κ3) is 1.89. The van der Waals surface area contributed by atoms with Gasteiger partial charge in [-0.3, -0.25) is 5.10 Å². The third-order valence-corrected chi connectivity index (χ3v) is 2.71. The molecule has 0 saturated carbocycles. The molecule has 0 spiro atoms. The molecule has 0 aliphatic rings. The lowest BCUT2D eigenvalue weighted by molar-refractivity contribution is 0.910. The van der Waals surface area contributed by atoms with Gasteiger partial charge in [-0.15, -0.1) is 5.10 Å². The van der Waals surface area contributed by atoms with Gasteiger partial charge < -0.3 is 0 Å². The van der Waals surface area contributed by atoms with E-state index in [9.17, 15) is 0 Å². The van der Waals surface area contributed by atoms with Crippen LogP contribution in [0.15, 0.2) is 34.2 Å². The number of benzene rings is 1. The van der Waals surface area contributed by atoms with Crippen molar-refractivity contribution in [2.75, 3.05) is 0 Å². The molecule has 0 amide bonds. The van der Waals surface area contributed by atoms with Gasteiger partial charge in [0.05, 0.1) is 0 Å². The summed E-state index contributed by atoms with van der Waals surface area (Å²) in [7, 11) is 0. The predicted molar refractivity (Wildman–Crippen MR) is 50.5 cm³/mol. The zero-order valence-corrected chi connectivity index (χ0v) is 7.93. The molecular weight excluding hydrogens is 182 g/mol. The van der Waals surface area contributed by atoms with Gasteiger partial charge in [0, 0.05) is 4.90 Å². The van der Waals surface area contributed by atoms with Crippen molar-refractivity contribution < 1.29 is 0 Å². The Morgan fingerprint density at radius 3 is 2.92 bits per heavy atom. The zero-order valence-electron chi connectivity index (χ0n) is 7.11. The fourth-order valence-electron chi connectivity index (χ4n) is 0.989. The van der Waals surface area contributed by atoms with Crippen LogP contribution in [-0.4, -0.2) is 15.4 Å². The van der Waals surface area contributed by atoms with E-state index in [2.05, 4.69) is 40.7 Å². The quantitative estimate of drug-likeness (QED) is 0.788. The van der Waals surface area contributed by atoms with Gasteiger partial charge in [-0.1, -0.05) is 35.2 Å². The van der Waals surface area contributed by atoms with Crippen molar-refractivity contribution in [3.8, 4) is 0 Å². The summed E-state index contributed by atoms with van der Waals surface area (Å²) < 4.78 is 0. The number of hydrogen-bond acceptors (Lipinski definition) is 3. The molecule has 0 aliphatic heterocycles. The normalized spacial score (nSPS) is 10.2. The summed E-state index contributed by atoms with van der Waals surface area (Å²) in [5, 5.41) is 10.8. The van der Waals surface area contributed by atoms with Crippen LogP contribution in [0.25, 0.3) is 0 Å². The van der Waals surface area contributed by atoms with E-state index in [1.54, 1.807) is 11.8 Å². The lowest BCUT2D eigenvalue weighted by atomic mass is 10.2. The van der Waals surface area contributed by atoms with Gasteiger partial charge in [0.2, 0.25) is 0 Å². The van der Waals surface area contributed by atoms with E-state index >= 15 is 0 Å². The second-order valence-corrected chi connectivity index (χ2v) is 3.64. The molecule has 0 atom stereocenters. The molecule has 0 saturated heterocycles. The van der Waals surface area contributed by atoms with E-state index in [-0.39, 0.29) is 0 Å². The number of nitrogens with zero attached hydrogens (tertiary/aromatic N) is 2. The molecule has 1 aromatic carbocycles. The van der Waals surface area contributed by atoms with Gasteiger partial charge in [-0.05, 0) is 18.6 Å². The van der Waals surface area contributed by atoms with Crippen LogP contribution in [0.3, 0.4) is 0 Å². The molecule has 2 aromatic rings. The van der Waals surface area contributed by atoms with E-state index in [4.69, 9.17) is 0 Å². The average Bonchev–Trinajstić information content (AvgIpc) is 2.61. The van der Waals surface area contributed by atoms with Crippen LogP contribution < -0.4 is 0 Å². The number of hydrogen-bond donors (Lipinski definition) is 1. The molecule has 0 fully saturated rings. The van der Waals surface area contributed by atoms with Gasteiger partial charge in [0.15, 0.2) is 5.03 Å². The Hall–Kier alpha value is -1.29. The molecule has 3 nitrogen and oxygen atoms in total. The molecule has 4 heteroatoms. The largest absolute Gasteiger partial charge is 0.255 e. The Kier molecular flexibility index (Phi) is 2.31. The van der Waals surface area contributed by atoms with E-state index in [1.807, 2.05) is 12.1 Å². The van der Waals surface area contributed by atoms with Crippen molar-refractivity contribution in [1.29, 1.82) is 0 Å². The molecule has 0 bridgehead atoms. The number of aromatic nitrogens is 3. The number of H-pyrrole nitrogens is 1. The van der Waals surface area contributed by atoms with Gasteiger partial charge >= 0.3 is 0 Å². The van der Waals surface area contributed by atoms with Gasteiger partial charge in [0.1, 0.15) is 6.20 Å². The van der Waals surface area contributed by atoms with Crippen molar-refractivity contribution in [2.24, 2.45) is 0 Å². The zero-order chi connectivity index (χ0) is 9.10. The van der Waals surface area contributed by atoms with Crippen LogP contribution in [0.5, 0.6) is 0 Å². The third-order valence-electron chi connectivity index (χ3n) is 1.65. The molecule has 13 heavy (non-hydrogen) atoms. The van der Waals surface area contributed by atoms with E-state index < -0.39 is 0 Å². The lowest BCUT2D eigenvalue weighted by Gasteiger charge is -2.00. The smallest absolute Gasteiger partial charge is 0.153 e. The summed E-state index contributed by atoms with van der Waals surface area (Å²) in [4.78, 5) is 1.19.